The molecule has 0 saturated carbocycles. The molecule has 0 unspecified atom stereocenters. The minimum absolute atomic E-state index is 0.155. The molecule has 0 aliphatic heterocycles. The second-order valence-corrected chi connectivity index (χ2v) is 9.93. The first-order valence-corrected chi connectivity index (χ1v) is 9.09. The van der Waals surface area contributed by atoms with Gasteiger partial charge in [-0.3, -0.25) is 5.32 Å². The van der Waals surface area contributed by atoms with Gasteiger partial charge in [0.05, 0.1) is 11.3 Å². The molecule has 96 valence electrons. The van der Waals surface area contributed by atoms with Crippen LogP contribution in [-0.2, 0) is 0 Å². The van der Waals surface area contributed by atoms with Crippen LogP contribution in [0.3, 0.4) is 0 Å². The average Bonchev–Trinajstić information content (AvgIpc) is 2.17. The van der Waals surface area contributed by atoms with Crippen LogP contribution in [0.5, 0.6) is 0 Å². The predicted molar refractivity (Wildman–Crippen MR) is 73.3 cm³/mol. The third-order valence-corrected chi connectivity index (χ3v) is 2.95. The molecule has 2 N–H and O–H groups in total. The van der Waals surface area contributed by atoms with Gasteiger partial charge in [0, 0.05) is 5.02 Å². The zero-order valence-electron chi connectivity index (χ0n) is 10.3. The highest BCUT2D eigenvalue weighted by Gasteiger charge is 2.13. The van der Waals surface area contributed by atoms with Crippen molar-refractivity contribution in [3.05, 3.63) is 28.5 Å². The van der Waals surface area contributed by atoms with Crippen molar-refractivity contribution < 1.29 is 14.3 Å². The molecule has 1 aromatic rings. The van der Waals surface area contributed by atoms with E-state index >= 15 is 0 Å². The average molecular weight is 286 g/mol. The molecule has 0 aliphatic carbocycles. The molecule has 0 atom stereocenters. The zero-order chi connectivity index (χ0) is 13.9. The summed E-state index contributed by atoms with van der Waals surface area (Å²) in [5, 5.41) is 10.8. The van der Waals surface area contributed by atoms with E-state index in [9.17, 15) is 9.18 Å². The molecule has 0 radical (unpaired) electrons. The van der Waals surface area contributed by atoms with Crippen LogP contribution < -0.4 is 5.32 Å². The van der Waals surface area contributed by atoms with Gasteiger partial charge in [-0.15, -0.1) is 5.54 Å². The van der Waals surface area contributed by atoms with E-state index in [4.69, 9.17) is 16.7 Å². The van der Waals surface area contributed by atoms with E-state index in [1.165, 1.54) is 6.07 Å². The van der Waals surface area contributed by atoms with Crippen molar-refractivity contribution in [3.8, 4) is 11.5 Å². The van der Waals surface area contributed by atoms with E-state index in [1.807, 2.05) is 25.0 Å². The minimum Gasteiger partial charge on any atom is -0.465 e. The smallest absolute Gasteiger partial charge is 0.409 e. The van der Waals surface area contributed by atoms with Crippen LogP contribution in [0.25, 0.3) is 0 Å². The number of amides is 1. The lowest BCUT2D eigenvalue weighted by atomic mass is 10.2. The van der Waals surface area contributed by atoms with Crippen molar-refractivity contribution in [3.63, 3.8) is 0 Å². The molecule has 0 aromatic heterocycles. The Morgan fingerprint density at radius 1 is 1.44 bits per heavy atom. The van der Waals surface area contributed by atoms with Gasteiger partial charge in [-0.25, -0.2) is 9.18 Å². The fourth-order valence-electron chi connectivity index (χ4n) is 1.16. The molecular weight excluding hydrogens is 273 g/mol. The molecule has 1 rings (SSSR count). The van der Waals surface area contributed by atoms with Gasteiger partial charge < -0.3 is 5.11 Å². The maximum Gasteiger partial charge on any atom is 0.409 e. The highest BCUT2D eigenvalue weighted by atomic mass is 35.5. The van der Waals surface area contributed by atoms with E-state index in [1.54, 1.807) is 0 Å². The second kappa shape index (κ2) is 5.42. The summed E-state index contributed by atoms with van der Waals surface area (Å²) in [5.74, 6) is 2.07. The Kier molecular flexibility index (Phi) is 4.38. The van der Waals surface area contributed by atoms with Gasteiger partial charge in [-0.1, -0.05) is 37.2 Å². The minimum atomic E-state index is -1.64. The molecular formula is C12H13ClFNO2Si. The van der Waals surface area contributed by atoms with Crippen molar-refractivity contribution >= 4 is 31.5 Å². The van der Waals surface area contributed by atoms with Crippen LogP contribution in [-0.4, -0.2) is 19.3 Å². The standard InChI is InChI=1S/C12H13ClFNO2Si/c1-18(2,3)5-4-8-6-9(13)7-10(14)11(8)15-12(16)17/h6-7,15H,1-3H3,(H,16,17). The van der Waals surface area contributed by atoms with E-state index < -0.39 is 20.0 Å². The van der Waals surface area contributed by atoms with Crippen LogP contribution in [0, 0.1) is 17.3 Å². The van der Waals surface area contributed by atoms with Gasteiger partial charge in [-0.2, -0.15) is 0 Å². The number of halogens is 2. The van der Waals surface area contributed by atoms with Gasteiger partial charge in [0.15, 0.2) is 0 Å². The molecule has 6 heteroatoms. The van der Waals surface area contributed by atoms with E-state index in [0.29, 0.717) is 0 Å². The van der Waals surface area contributed by atoms with Crippen LogP contribution in [0.15, 0.2) is 12.1 Å². The van der Waals surface area contributed by atoms with Crippen molar-refractivity contribution in [2.45, 2.75) is 19.6 Å². The van der Waals surface area contributed by atoms with Crippen molar-refractivity contribution in [1.82, 2.24) is 0 Å². The molecule has 0 bridgehead atoms. The van der Waals surface area contributed by atoms with E-state index in [2.05, 4.69) is 11.5 Å². The molecule has 1 aromatic carbocycles. The topological polar surface area (TPSA) is 49.3 Å². The number of carbonyl (C=O) groups is 1. The van der Waals surface area contributed by atoms with Gasteiger partial charge in [0.2, 0.25) is 0 Å². The van der Waals surface area contributed by atoms with Crippen LogP contribution >= 0.6 is 11.6 Å². The number of rotatable bonds is 1. The molecule has 18 heavy (non-hydrogen) atoms. The Morgan fingerprint density at radius 3 is 2.56 bits per heavy atom. The largest absolute Gasteiger partial charge is 0.465 e. The van der Waals surface area contributed by atoms with Crippen molar-refractivity contribution in [2.24, 2.45) is 0 Å². The first-order valence-electron chi connectivity index (χ1n) is 5.21. The fraction of sp³-hybridized carbons (Fsp3) is 0.250. The summed E-state index contributed by atoms with van der Waals surface area (Å²) in [6.07, 6.45) is -1.34. The summed E-state index contributed by atoms with van der Waals surface area (Å²) in [4.78, 5) is 10.6. The molecule has 3 nitrogen and oxygen atoms in total. The third-order valence-electron chi connectivity index (χ3n) is 1.86. The first kappa shape index (κ1) is 14.5. The predicted octanol–water partition coefficient (Wildman–Crippen LogP) is 3.80. The Bertz CT molecular complexity index is 543. The molecule has 0 fully saturated rings. The third kappa shape index (κ3) is 4.39. The Morgan fingerprint density at radius 2 is 2.06 bits per heavy atom. The van der Waals surface area contributed by atoms with Crippen molar-refractivity contribution in [2.75, 3.05) is 5.32 Å². The SMILES string of the molecule is C[Si](C)(C)C#Cc1cc(Cl)cc(F)c1NC(=O)O. The second-order valence-electron chi connectivity index (χ2n) is 4.74. The van der Waals surface area contributed by atoms with Gasteiger partial charge in [0.25, 0.3) is 0 Å². The van der Waals surface area contributed by atoms with E-state index in [0.717, 1.165) is 6.07 Å². The molecule has 0 aliphatic rings. The number of anilines is 1. The fourth-order valence-corrected chi connectivity index (χ4v) is 1.88. The summed E-state index contributed by atoms with van der Waals surface area (Å²) in [6.45, 7) is 6.10. The maximum absolute atomic E-state index is 13.6. The molecule has 0 heterocycles. The van der Waals surface area contributed by atoms with Crippen LogP contribution in [0.4, 0.5) is 14.9 Å². The van der Waals surface area contributed by atoms with Gasteiger partial charge >= 0.3 is 6.09 Å². The number of hydrogen-bond donors (Lipinski definition) is 2. The zero-order valence-corrected chi connectivity index (χ0v) is 12.0. The Hall–Kier alpha value is -1.51. The monoisotopic (exact) mass is 285 g/mol. The Balaban J connectivity index is 3.30. The molecule has 0 spiro atoms. The lowest BCUT2D eigenvalue weighted by molar-refractivity contribution is 0.209. The summed E-state index contributed by atoms with van der Waals surface area (Å²) >= 11 is 5.74. The van der Waals surface area contributed by atoms with Gasteiger partial charge in [0.1, 0.15) is 13.9 Å². The highest BCUT2D eigenvalue weighted by Crippen LogP contribution is 2.24. The number of carboxylic acid groups (broad SMARTS) is 1. The van der Waals surface area contributed by atoms with Crippen molar-refractivity contribution in [1.29, 1.82) is 0 Å². The Labute approximate surface area is 111 Å². The van der Waals surface area contributed by atoms with Crippen LogP contribution in [0.1, 0.15) is 5.56 Å². The normalized spacial score (nSPS) is 10.5. The quantitative estimate of drug-likeness (QED) is 0.609. The first-order chi connectivity index (χ1) is 8.19. The summed E-state index contributed by atoms with van der Waals surface area (Å²) < 4.78 is 13.6. The highest BCUT2D eigenvalue weighted by molar-refractivity contribution is 6.83. The number of hydrogen-bond acceptors (Lipinski definition) is 1. The maximum atomic E-state index is 13.6. The summed E-state index contributed by atoms with van der Waals surface area (Å²) in [7, 11) is -1.64. The van der Waals surface area contributed by atoms with Crippen LogP contribution in [0.2, 0.25) is 24.7 Å². The van der Waals surface area contributed by atoms with Gasteiger partial charge in [-0.05, 0) is 12.1 Å². The summed E-state index contributed by atoms with van der Waals surface area (Å²) in [6, 6.07) is 2.50. The lowest BCUT2D eigenvalue weighted by Gasteiger charge is -2.08. The molecule has 1 amide bonds. The number of benzene rings is 1. The molecule has 0 saturated heterocycles. The van der Waals surface area contributed by atoms with E-state index in [-0.39, 0.29) is 16.3 Å². The lowest BCUT2D eigenvalue weighted by Crippen LogP contribution is -2.16. The number of nitrogens with one attached hydrogen (secondary N) is 1. The summed E-state index contributed by atoms with van der Waals surface area (Å²) in [5.41, 5.74) is 3.14.